The van der Waals surface area contributed by atoms with Gasteiger partial charge in [-0.25, -0.2) is 0 Å². The molecular formula is C44H80N2O13. The molecule has 0 radical (unpaired) electrons. The molecule has 0 spiro atoms. The first-order valence-electron chi connectivity index (χ1n) is 22.2. The Morgan fingerprint density at radius 3 is 2.12 bits per heavy atom. The molecule has 344 valence electrons. The molecule has 3 heterocycles. The summed E-state index contributed by atoms with van der Waals surface area (Å²) < 4.78 is 37.9. The van der Waals surface area contributed by atoms with Crippen LogP contribution in [-0.4, -0.2) is 154 Å². The van der Waals surface area contributed by atoms with Gasteiger partial charge in [-0.2, -0.15) is 0 Å². The molecule has 4 fully saturated rings. The van der Waals surface area contributed by atoms with Crippen LogP contribution in [-0.2, 0) is 38.1 Å². The van der Waals surface area contributed by atoms with Crippen molar-refractivity contribution in [3.8, 4) is 0 Å². The number of methoxy groups -OCH3 is 1. The molecule has 0 amide bonds. The van der Waals surface area contributed by atoms with Crippen LogP contribution in [0.3, 0.4) is 0 Å². The highest BCUT2D eigenvalue weighted by Crippen LogP contribution is 2.41. The summed E-state index contributed by atoms with van der Waals surface area (Å²) in [5.41, 5.74) is -4.25. The average molecular weight is 845 g/mol. The van der Waals surface area contributed by atoms with Crippen LogP contribution in [0.5, 0.6) is 0 Å². The van der Waals surface area contributed by atoms with Gasteiger partial charge in [-0.15, -0.1) is 0 Å². The Morgan fingerprint density at radius 2 is 1.53 bits per heavy atom. The Labute approximate surface area is 353 Å². The van der Waals surface area contributed by atoms with Crippen molar-refractivity contribution in [2.75, 3.05) is 27.8 Å². The smallest absolute Gasteiger partial charge is 0.311 e. The van der Waals surface area contributed by atoms with E-state index in [4.69, 9.17) is 33.3 Å². The van der Waals surface area contributed by atoms with Crippen LogP contribution in [0.2, 0.25) is 0 Å². The van der Waals surface area contributed by atoms with E-state index >= 15 is 0 Å². The number of carbonyl (C=O) groups is 1. The van der Waals surface area contributed by atoms with Crippen LogP contribution in [0.15, 0.2) is 5.16 Å². The molecular weight excluding hydrogens is 764 g/mol. The number of hydrogen-bond acceptors (Lipinski definition) is 15. The van der Waals surface area contributed by atoms with Gasteiger partial charge >= 0.3 is 5.97 Å². The van der Waals surface area contributed by atoms with Gasteiger partial charge in [0.1, 0.15) is 30.5 Å². The average Bonchev–Trinajstić information content (AvgIpc) is 3.18. The van der Waals surface area contributed by atoms with E-state index < -0.39 is 102 Å². The maximum atomic E-state index is 14.4. The third-order valence-corrected chi connectivity index (χ3v) is 14.1. The van der Waals surface area contributed by atoms with Gasteiger partial charge in [-0.1, -0.05) is 52.1 Å². The highest BCUT2D eigenvalue weighted by molar-refractivity contribution is 5.88. The lowest BCUT2D eigenvalue weighted by Gasteiger charge is -2.49. The summed E-state index contributed by atoms with van der Waals surface area (Å²) in [5, 5.41) is 64.2. The number of nitrogens with zero attached hydrogens (tertiary/aromatic N) is 2. The predicted octanol–water partition coefficient (Wildman–Crippen LogP) is 4.17. The van der Waals surface area contributed by atoms with E-state index in [1.165, 1.54) is 20.5 Å². The van der Waals surface area contributed by atoms with Gasteiger partial charge in [0.25, 0.3) is 0 Å². The zero-order valence-corrected chi connectivity index (χ0v) is 38.2. The number of oxime groups is 1. The fourth-order valence-corrected chi connectivity index (χ4v) is 10.2. The van der Waals surface area contributed by atoms with Crippen LogP contribution in [0.25, 0.3) is 0 Å². The largest absolute Gasteiger partial charge is 0.459 e. The number of esters is 1. The molecule has 18 atom stereocenters. The van der Waals surface area contributed by atoms with Crippen molar-refractivity contribution >= 4 is 11.7 Å². The normalized spacial score (nSPS) is 47.1. The van der Waals surface area contributed by atoms with E-state index in [1.54, 1.807) is 41.5 Å². The maximum absolute atomic E-state index is 14.4. The lowest BCUT2D eigenvalue weighted by Crippen LogP contribution is -2.61. The van der Waals surface area contributed by atoms with E-state index in [0.717, 1.165) is 25.7 Å². The first-order chi connectivity index (χ1) is 27.5. The minimum Gasteiger partial charge on any atom is -0.459 e. The summed E-state index contributed by atoms with van der Waals surface area (Å²) >= 11 is 0. The number of hydrogen-bond donors (Lipinski definition) is 5. The molecule has 0 aromatic heterocycles. The van der Waals surface area contributed by atoms with Crippen molar-refractivity contribution in [3.63, 3.8) is 0 Å². The summed E-state index contributed by atoms with van der Waals surface area (Å²) in [4.78, 5) is 22.4. The zero-order chi connectivity index (χ0) is 44.2. The van der Waals surface area contributed by atoms with E-state index in [-0.39, 0.29) is 31.4 Å². The zero-order valence-electron chi connectivity index (χ0n) is 38.2. The number of carbonyl (C=O) groups excluding carboxylic acids is 1. The molecule has 0 aromatic carbocycles. The number of ether oxygens (including phenoxy) is 6. The summed E-state index contributed by atoms with van der Waals surface area (Å²) in [6, 6.07) is -0.307. The van der Waals surface area contributed by atoms with Gasteiger partial charge in [0, 0.05) is 37.3 Å². The highest BCUT2D eigenvalue weighted by Gasteiger charge is 2.53. The second-order valence-corrected chi connectivity index (χ2v) is 19.4. The van der Waals surface area contributed by atoms with Gasteiger partial charge in [-0.3, -0.25) is 4.79 Å². The summed E-state index contributed by atoms with van der Waals surface area (Å²) in [6.07, 6.45) is -3.49. The van der Waals surface area contributed by atoms with Crippen LogP contribution in [0.4, 0.5) is 0 Å². The monoisotopic (exact) mass is 845 g/mol. The fraction of sp³-hybridized carbons (Fsp3) is 0.955. The number of cyclic esters (lactones) is 1. The topological polar surface area (TPSA) is 198 Å². The van der Waals surface area contributed by atoms with Crippen LogP contribution >= 0.6 is 0 Å². The van der Waals surface area contributed by atoms with Crippen molar-refractivity contribution in [1.29, 1.82) is 0 Å². The molecule has 5 N–H and O–H groups in total. The summed E-state index contributed by atoms with van der Waals surface area (Å²) in [5.74, 6) is -3.53. The molecule has 4 rings (SSSR count). The molecule has 1 aliphatic carbocycles. The van der Waals surface area contributed by atoms with Gasteiger partial charge in [-0.05, 0) is 93.7 Å². The van der Waals surface area contributed by atoms with Crippen molar-refractivity contribution in [2.45, 2.75) is 211 Å². The third kappa shape index (κ3) is 11.8. The molecule has 15 heteroatoms. The molecule has 59 heavy (non-hydrogen) atoms. The quantitative estimate of drug-likeness (QED) is 0.155. The fourth-order valence-electron chi connectivity index (χ4n) is 10.2. The van der Waals surface area contributed by atoms with Crippen LogP contribution in [0.1, 0.15) is 127 Å². The maximum Gasteiger partial charge on any atom is 0.311 e. The van der Waals surface area contributed by atoms with Gasteiger partial charge < -0.3 is 63.7 Å². The molecule has 1 saturated carbocycles. The molecule has 3 aliphatic heterocycles. The Kier molecular flexibility index (Phi) is 17.7. The van der Waals surface area contributed by atoms with Crippen molar-refractivity contribution < 1.29 is 63.6 Å². The van der Waals surface area contributed by atoms with E-state index in [0.29, 0.717) is 24.7 Å². The van der Waals surface area contributed by atoms with E-state index in [1.807, 2.05) is 39.8 Å². The van der Waals surface area contributed by atoms with E-state index in [9.17, 15) is 30.3 Å². The predicted molar refractivity (Wildman–Crippen MR) is 221 cm³/mol. The lowest BCUT2D eigenvalue weighted by atomic mass is 9.73. The summed E-state index contributed by atoms with van der Waals surface area (Å²) in [7, 11) is 5.27. The van der Waals surface area contributed by atoms with Crippen molar-refractivity contribution in [2.24, 2.45) is 34.7 Å². The van der Waals surface area contributed by atoms with Crippen LogP contribution < -0.4 is 0 Å². The number of aliphatic hydroxyl groups excluding tert-OH is 3. The third-order valence-electron chi connectivity index (χ3n) is 14.1. The molecule has 15 nitrogen and oxygen atoms in total. The van der Waals surface area contributed by atoms with Gasteiger partial charge in [0.2, 0.25) is 0 Å². The standard InChI is InChI=1S/C44H80N2O13/c1-14-32-44(10,52)37(48)26(4)34(45-54-23-30-18-16-15-17-19-30)24(2)21-42(8,51)39(59-41-35(47)31(46(11)12)20-25(3)55-41)27(5)36(28(6)40(50)57-32)58-33-22-43(9,53-13)38(49)29(7)56-33/h24-33,35-39,41,47-49,51-52H,14-23H2,1-13H3/b45-34+/t24-,25-,26+,27+,28-,29+,31+,32-,33+,35-,36+,37-,38+,39-,41+,42-,43-,44-/m1/s1. The lowest BCUT2D eigenvalue weighted by molar-refractivity contribution is -0.317. The van der Waals surface area contributed by atoms with E-state index in [2.05, 4.69) is 5.16 Å². The summed E-state index contributed by atoms with van der Waals surface area (Å²) in [6.45, 7) is 17.8. The second kappa shape index (κ2) is 20.8. The molecule has 0 aromatic rings. The van der Waals surface area contributed by atoms with Gasteiger partial charge in [0.05, 0.1) is 53.4 Å². The van der Waals surface area contributed by atoms with Crippen molar-refractivity contribution in [3.05, 3.63) is 0 Å². The minimum absolute atomic E-state index is 0.0377. The Bertz CT molecular complexity index is 1360. The van der Waals surface area contributed by atoms with Gasteiger partial charge in [0.15, 0.2) is 12.6 Å². The number of aliphatic hydroxyl groups is 5. The Hall–Kier alpha value is -1.50. The molecule has 4 aliphatic rings. The van der Waals surface area contributed by atoms with Crippen molar-refractivity contribution in [1.82, 2.24) is 4.90 Å². The SMILES string of the molecule is CC[C@H]1OC(=O)[C@H](C)[C@@H](O[C@H]2C[C@@](C)(OC)[C@@H](O)[C@H](C)O2)[C@H](C)[C@@H](O[C@@H]2O[C@H](C)C[C@H](N(C)C)[C@H]2O)[C@](C)(O)C[C@@H](C)/C(=N\OCC2CCCCC2)[C@H](C)[C@@H](O)[C@]1(C)O. The van der Waals surface area contributed by atoms with Crippen LogP contribution in [0, 0.1) is 29.6 Å². The molecule has 0 unspecified atom stereocenters. The second-order valence-electron chi connectivity index (χ2n) is 19.4. The minimum atomic E-state index is -1.92. The Morgan fingerprint density at radius 1 is 0.881 bits per heavy atom. The molecule has 3 saturated heterocycles. The number of rotatable bonds is 10. The Balaban J connectivity index is 1.85. The number of likely N-dealkylation sites (N-methyl/N-ethyl adjacent to an activating group) is 1. The first kappa shape index (κ1) is 50.1. The first-order valence-corrected chi connectivity index (χ1v) is 22.2. The molecule has 0 bridgehead atoms. The highest BCUT2D eigenvalue weighted by atomic mass is 16.7.